The van der Waals surface area contributed by atoms with Gasteiger partial charge >= 0.3 is 0 Å². The molecule has 0 aromatic carbocycles. The van der Waals surface area contributed by atoms with Gasteiger partial charge < -0.3 is 4.90 Å². The molecule has 2 heterocycles. The third-order valence-corrected chi connectivity index (χ3v) is 3.70. The lowest BCUT2D eigenvalue weighted by Gasteiger charge is -2.37. The van der Waals surface area contributed by atoms with Crippen LogP contribution in [0.15, 0.2) is 18.7 Å². The Kier molecular flexibility index (Phi) is 4.02. The van der Waals surface area contributed by atoms with Gasteiger partial charge in [0, 0.05) is 37.9 Å². The summed E-state index contributed by atoms with van der Waals surface area (Å²) in [5.41, 5.74) is 2.19. The maximum absolute atomic E-state index is 4.67. The number of aromatic nitrogens is 1. The van der Waals surface area contributed by atoms with Gasteiger partial charge in [0.05, 0.1) is 0 Å². The van der Waals surface area contributed by atoms with Crippen molar-refractivity contribution in [3.8, 4) is 0 Å². The van der Waals surface area contributed by atoms with Gasteiger partial charge in [-0.1, -0.05) is 12.7 Å². The van der Waals surface area contributed by atoms with E-state index in [9.17, 15) is 0 Å². The molecule has 0 bridgehead atoms. The second kappa shape index (κ2) is 5.53. The zero-order valence-corrected chi connectivity index (χ0v) is 11.7. The molecule has 98 valence electrons. The van der Waals surface area contributed by atoms with E-state index < -0.39 is 0 Å². The smallest absolute Gasteiger partial charge is 0.128 e. The van der Waals surface area contributed by atoms with Gasteiger partial charge in [0.25, 0.3) is 0 Å². The highest BCUT2D eigenvalue weighted by molar-refractivity contribution is 5.53. The molecular weight excluding hydrogens is 222 g/mol. The van der Waals surface area contributed by atoms with Crippen molar-refractivity contribution < 1.29 is 0 Å². The van der Waals surface area contributed by atoms with E-state index in [-0.39, 0.29) is 0 Å². The molecule has 0 saturated carbocycles. The minimum absolute atomic E-state index is 0.644. The summed E-state index contributed by atoms with van der Waals surface area (Å²) in [6.07, 6.45) is 1.86. The molecule has 2 rings (SSSR count). The van der Waals surface area contributed by atoms with Crippen molar-refractivity contribution in [3.05, 3.63) is 30.0 Å². The van der Waals surface area contributed by atoms with Gasteiger partial charge in [-0.25, -0.2) is 4.98 Å². The Morgan fingerprint density at radius 2 is 1.89 bits per heavy atom. The second-order valence-corrected chi connectivity index (χ2v) is 5.16. The first kappa shape index (κ1) is 13.1. The number of rotatable bonds is 3. The molecule has 1 aromatic heterocycles. The summed E-state index contributed by atoms with van der Waals surface area (Å²) in [5.74, 6) is 1.10. The molecule has 1 aliphatic rings. The van der Waals surface area contributed by atoms with Gasteiger partial charge in [0.1, 0.15) is 5.82 Å². The Morgan fingerprint density at radius 1 is 1.22 bits per heavy atom. The molecule has 0 spiro atoms. The highest BCUT2D eigenvalue weighted by Gasteiger charge is 2.19. The molecule has 3 heteroatoms. The monoisotopic (exact) mass is 245 g/mol. The van der Waals surface area contributed by atoms with Crippen LogP contribution in [-0.4, -0.2) is 42.1 Å². The third kappa shape index (κ3) is 2.72. The standard InChI is InChI=1S/C15H23N3/c1-5-14-6-7-15(16-13(14)4)18-10-8-17(9-11-18)12(2)3/h5-7,12H,1,8-11H2,2-4H3. The van der Waals surface area contributed by atoms with E-state index in [1.807, 2.05) is 13.0 Å². The zero-order chi connectivity index (χ0) is 13.1. The van der Waals surface area contributed by atoms with Crippen LogP contribution in [0.2, 0.25) is 0 Å². The quantitative estimate of drug-likeness (QED) is 0.816. The fourth-order valence-electron chi connectivity index (χ4n) is 2.42. The Labute approximate surface area is 110 Å². The van der Waals surface area contributed by atoms with Crippen LogP contribution < -0.4 is 4.90 Å². The zero-order valence-electron chi connectivity index (χ0n) is 11.7. The van der Waals surface area contributed by atoms with E-state index >= 15 is 0 Å². The van der Waals surface area contributed by atoms with Gasteiger partial charge in [-0.05, 0) is 38.5 Å². The molecule has 0 radical (unpaired) electrons. The maximum atomic E-state index is 4.67. The van der Waals surface area contributed by atoms with E-state index in [0.717, 1.165) is 43.3 Å². The fraction of sp³-hybridized carbons (Fsp3) is 0.533. The largest absolute Gasteiger partial charge is 0.354 e. The summed E-state index contributed by atoms with van der Waals surface area (Å²) in [6.45, 7) is 14.8. The summed E-state index contributed by atoms with van der Waals surface area (Å²) < 4.78 is 0. The van der Waals surface area contributed by atoms with Crippen LogP contribution in [0, 0.1) is 6.92 Å². The molecule has 0 amide bonds. The van der Waals surface area contributed by atoms with Crippen LogP contribution in [0.25, 0.3) is 6.08 Å². The van der Waals surface area contributed by atoms with Crippen LogP contribution >= 0.6 is 0 Å². The molecule has 1 fully saturated rings. The van der Waals surface area contributed by atoms with Gasteiger partial charge in [0.2, 0.25) is 0 Å². The normalized spacial score (nSPS) is 17.2. The topological polar surface area (TPSA) is 19.4 Å². The van der Waals surface area contributed by atoms with E-state index in [2.05, 4.69) is 47.3 Å². The summed E-state index contributed by atoms with van der Waals surface area (Å²) in [4.78, 5) is 9.56. The summed E-state index contributed by atoms with van der Waals surface area (Å²) in [5, 5.41) is 0. The lowest BCUT2D eigenvalue weighted by molar-refractivity contribution is 0.209. The highest BCUT2D eigenvalue weighted by atomic mass is 15.3. The minimum Gasteiger partial charge on any atom is -0.354 e. The summed E-state index contributed by atoms with van der Waals surface area (Å²) in [7, 11) is 0. The van der Waals surface area contributed by atoms with E-state index in [0.29, 0.717) is 6.04 Å². The number of aryl methyl sites for hydroxylation is 1. The predicted molar refractivity (Wildman–Crippen MR) is 78.0 cm³/mol. The Bertz CT molecular complexity index is 418. The summed E-state index contributed by atoms with van der Waals surface area (Å²) in [6, 6.07) is 4.86. The molecule has 1 aromatic rings. The van der Waals surface area contributed by atoms with Crippen LogP contribution in [-0.2, 0) is 0 Å². The summed E-state index contributed by atoms with van der Waals surface area (Å²) >= 11 is 0. The van der Waals surface area contributed by atoms with Gasteiger partial charge in [-0.3, -0.25) is 4.90 Å². The van der Waals surface area contributed by atoms with Gasteiger partial charge in [-0.15, -0.1) is 0 Å². The van der Waals surface area contributed by atoms with Crippen molar-refractivity contribution in [2.75, 3.05) is 31.1 Å². The predicted octanol–water partition coefficient (Wildman–Crippen LogP) is 2.56. The fourth-order valence-corrected chi connectivity index (χ4v) is 2.42. The molecule has 0 aliphatic carbocycles. The molecule has 0 unspecified atom stereocenters. The number of pyridine rings is 1. The van der Waals surface area contributed by atoms with Gasteiger partial charge in [-0.2, -0.15) is 0 Å². The lowest BCUT2D eigenvalue weighted by Crippen LogP contribution is -2.49. The van der Waals surface area contributed by atoms with E-state index in [4.69, 9.17) is 0 Å². The highest BCUT2D eigenvalue weighted by Crippen LogP contribution is 2.18. The molecule has 1 saturated heterocycles. The van der Waals surface area contributed by atoms with Crippen molar-refractivity contribution in [2.45, 2.75) is 26.8 Å². The molecule has 0 atom stereocenters. The molecule has 1 aliphatic heterocycles. The van der Waals surface area contributed by atoms with Crippen LogP contribution in [0.3, 0.4) is 0 Å². The number of hydrogen-bond acceptors (Lipinski definition) is 3. The molecule has 0 N–H and O–H groups in total. The van der Waals surface area contributed by atoms with E-state index in [1.165, 1.54) is 0 Å². The Hall–Kier alpha value is -1.35. The molecule has 18 heavy (non-hydrogen) atoms. The third-order valence-electron chi connectivity index (χ3n) is 3.70. The lowest BCUT2D eigenvalue weighted by atomic mass is 10.2. The number of piperazine rings is 1. The van der Waals surface area contributed by atoms with E-state index in [1.54, 1.807) is 0 Å². The number of nitrogens with zero attached hydrogens (tertiary/aromatic N) is 3. The molecular formula is C15H23N3. The van der Waals surface area contributed by atoms with Crippen molar-refractivity contribution in [3.63, 3.8) is 0 Å². The number of anilines is 1. The van der Waals surface area contributed by atoms with Crippen LogP contribution in [0.4, 0.5) is 5.82 Å². The first-order chi connectivity index (χ1) is 8.61. The minimum atomic E-state index is 0.644. The Balaban J connectivity index is 2.05. The Morgan fingerprint density at radius 3 is 2.39 bits per heavy atom. The SMILES string of the molecule is C=Cc1ccc(N2CCN(C(C)C)CC2)nc1C. The average Bonchev–Trinajstić information content (AvgIpc) is 2.38. The van der Waals surface area contributed by atoms with Crippen molar-refractivity contribution in [1.82, 2.24) is 9.88 Å². The van der Waals surface area contributed by atoms with Crippen molar-refractivity contribution in [2.24, 2.45) is 0 Å². The van der Waals surface area contributed by atoms with Crippen LogP contribution in [0.5, 0.6) is 0 Å². The van der Waals surface area contributed by atoms with Crippen molar-refractivity contribution in [1.29, 1.82) is 0 Å². The molecule has 3 nitrogen and oxygen atoms in total. The van der Waals surface area contributed by atoms with Crippen molar-refractivity contribution >= 4 is 11.9 Å². The van der Waals surface area contributed by atoms with Crippen LogP contribution in [0.1, 0.15) is 25.1 Å². The first-order valence-corrected chi connectivity index (χ1v) is 6.71. The first-order valence-electron chi connectivity index (χ1n) is 6.71. The number of hydrogen-bond donors (Lipinski definition) is 0. The average molecular weight is 245 g/mol. The van der Waals surface area contributed by atoms with Gasteiger partial charge in [0.15, 0.2) is 0 Å². The second-order valence-electron chi connectivity index (χ2n) is 5.16. The maximum Gasteiger partial charge on any atom is 0.128 e.